The number of carbonyl (C=O) groups is 1. The number of hydrogen-bond acceptors (Lipinski definition) is 5. The molecule has 0 aliphatic carbocycles. The predicted octanol–water partition coefficient (Wildman–Crippen LogP) is 1.67. The number of anilines is 2. The molecule has 104 valence electrons. The quantitative estimate of drug-likeness (QED) is 0.664. The van der Waals surface area contributed by atoms with Crippen LogP contribution in [-0.2, 0) is 9.47 Å². The molecule has 0 aromatic heterocycles. The van der Waals surface area contributed by atoms with Crippen molar-refractivity contribution in [2.75, 3.05) is 37.9 Å². The fourth-order valence-corrected chi connectivity index (χ4v) is 2.42. The van der Waals surface area contributed by atoms with E-state index in [1.807, 2.05) is 6.07 Å². The van der Waals surface area contributed by atoms with Gasteiger partial charge in [0.05, 0.1) is 30.2 Å². The van der Waals surface area contributed by atoms with Crippen molar-refractivity contribution >= 4 is 17.3 Å². The Kier molecular flexibility index (Phi) is 4.27. The molecule has 0 saturated carbocycles. The van der Waals surface area contributed by atoms with Crippen LogP contribution in [0.4, 0.5) is 11.4 Å². The van der Waals surface area contributed by atoms with Crippen molar-refractivity contribution in [3.8, 4) is 0 Å². The first kappa shape index (κ1) is 13.7. The first-order chi connectivity index (χ1) is 9.15. The minimum Gasteiger partial charge on any atom is -0.465 e. The average molecular weight is 264 g/mol. The van der Waals surface area contributed by atoms with Crippen LogP contribution in [0.25, 0.3) is 0 Å². The Hall–Kier alpha value is -1.75. The van der Waals surface area contributed by atoms with Gasteiger partial charge in [0.25, 0.3) is 0 Å². The fraction of sp³-hybridized carbons (Fsp3) is 0.500. The number of carbonyl (C=O) groups excluding carboxylic acids is 1. The highest BCUT2D eigenvalue weighted by Crippen LogP contribution is 2.28. The number of nitrogens with two attached hydrogens (primary N) is 1. The molecule has 0 amide bonds. The molecule has 0 atom stereocenters. The molecule has 19 heavy (non-hydrogen) atoms. The van der Waals surface area contributed by atoms with Crippen LogP contribution < -0.4 is 10.6 Å². The Balaban J connectivity index is 2.11. The molecule has 0 spiro atoms. The lowest BCUT2D eigenvalue weighted by Gasteiger charge is -2.33. The summed E-state index contributed by atoms with van der Waals surface area (Å²) in [5, 5.41) is 0. The zero-order valence-electron chi connectivity index (χ0n) is 11.4. The van der Waals surface area contributed by atoms with E-state index in [4.69, 9.17) is 10.5 Å². The van der Waals surface area contributed by atoms with Crippen LogP contribution in [0.2, 0.25) is 0 Å². The zero-order valence-corrected chi connectivity index (χ0v) is 11.4. The van der Waals surface area contributed by atoms with Gasteiger partial charge < -0.3 is 20.1 Å². The fourth-order valence-electron chi connectivity index (χ4n) is 2.42. The number of methoxy groups -OCH3 is 2. The summed E-state index contributed by atoms with van der Waals surface area (Å²) in [6.45, 7) is 1.83. The molecule has 0 unspecified atom stereocenters. The molecule has 1 aromatic rings. The molecule has 0 bridgehead atoms. The van der Waals surface area contributed by atoms with Crippen LogP contribution in [0.3, 0.4) is 0 Å². The molecular weight excluding hydrogens is 244 g/mol. The number of benzene rings is 1. The first-order valence-corrected chi connectivity index (χ1v) is 6.41. The monoisotopic (exact) mass is 264 g/mol. The Morgan fingerprint density at radius 3 is 2.53 bits per heavy atom. The summed E-state index contributed by atoms with van der Waals surface area (Å²) in [6.07, 6.45) is 2.33. The topological polar surface area (TPSA) is 64.8 Å². The third-order valence-electron chi connectivity index (χ3n) is 3.56. The van der Waals surface area contributed by atoms with E-state index in [9.17, 15) is 4.79 Å². The van der Waals surface area contributed by atoms with Crippen molar-refractivity contribution in [1.82, 2.24) is 0 Å². The maximum absolute atomic E-state index is 11.4. The van der Waals surface area contributed by atoms with Gasteiger partial charge in [-0.1, -0.05) is 0 Å². The Morgan fingerprint density at radius 1 is 1.32 bits per heavy atom. The van der Waals surface area contributed by atoms with Crippen molar-refractivity contribution in [2.45, 2.75) is 18.9 Å². The molecule has 1 fully saturated rings. The SMILES string of the molecule is COC(=O)c1ccc(N2CCC(OC)CC2)c(N)c1. The van der Waals surface area contributed by atoms with Crippen molar-refractivity contribution in [3.05, 3.63) is 23.8 Å². The van der Waals surface area contributed by atoms with Gasteiger partial charge in [0, 0.05) is 20.2 Å². The first-order valence-electron chi connectivity index (χ1n) is 6.41. The predicted molar refractivity (Wildman–Crippen MR) is 74.4 cm³/mol. The normalized spacial score (nSPS) is 16.4. The van der Waals surface area contributed by atoms with Crippen LogP contribution in [0, 0.1) is 0 Å². The minimum atomic E-state index is -0.364. The van der Waals surface area contributed by atoms with Crippen molar-refractivity contribution in [1.29, 1.82) is 0 Å². The lowest BCUT2D eigenvalue weighted by molar-refractivity contribution is 0.0601. The number of esters is 1. The zero-order chi connectivity index (χ0) is 13.8. The summed E-state index contributed by atoms with van der Waals surface area (Å²) in [6, 6.07) is 5.30. The molecule has 1 aromatic carbocycles. The van der Waals surface area contributed by atoms with Gasteiger partial charge in [-0.3, -0.25) is 0 Å². The highest BCUT2D eigenvalue weighted by molar-refractivity contribution is 5.91. The van der Waals surface area contributed by atoms with E-state index < -0.39 is 0 Å². The van der Waals surface area contributed by atoms with Crippen LogP contribution >= 0.6 is 0 Å². The van der Waals surface area contributed by atoms with Crippen molar-refractivity contribution < 1.29 is 14.3 Å². The van der Waals surface area contributed by atoms with E-state index in [0.717, 1.165) is 31.6 Å². The highest BCUT2D eigenvalue weighted by Gasteiger charge is 2.20. The van der Waals surface area contributed by atoms with E-state index in [-0.39, 0.29) is 5.97 Å². The molecule has 1 heterocycles. The summed E-state index contributed by atoms with van der Waals surface area (Å²) in [4.78, 5) is 13.7. The lowest BCUT2D eigenvalue weighted by atomic mass is 10.1. The third kappa shape index (κ3) is 2.98. The Labute approximate surface area is 113 Å². The van der Waals surface area contributed by atoms with Crippen LogP contribution in [-0.4, -0.2) is 39.4 Å². The Morgan fingerprint density at radius 2 is 2.00 bits per heavy atom. The van der Waals surface area contributed by atoms with Gasteiger partial charge in [-0.25, -0.2) is 4.79 Å². The lowest BCUT2D eigenvalue weighted by Crippen LogP contribution is -2.37. The van der Waals surface area contributed by atoms with E-state index in [2.05, 4.69) is 9.64 Å². The largest absolute Gasteiger partial charge is 0.465 e. The number of rotatable bonds is 3. The van der Waals surface area contributed by atoms with Gasteiger partial charge in [0.1, 0.15) is 0 Å². The standard InChI is InChI=1S/C14H20N2O3/c1-18-11-5-7-16(8-6-11)13-4-3-10(9-12(13)15)14(17)19-2/h3-4,9,11H,5-8,15H2,1-2H3. The van der Waals surface area contributed by atoms with Gasteiger partial charge in [-0.15, -0.1) is 0 Å². The molecule has 1 aliphatic heterocycles. The van der Waals surface area contributed by atoms with Crippen LogP contribution in [0.5, 0.6) is 0 Å². The van der Waals surface area contributed by atoms with Gasteiger partial charge in [0.2, 0.25) is 0 Å². The smallest absolute Gasteiger partial charge is 0.337 e. The molecule has 2 rings (SSSR count). The second kappa shape index (κ2) is 5.93. The van der Waals surface area contributed by atoms with E-state index in [0.29, 0.717) is 17.4 Å². The number of ether oxygens (including phenoxy) is 2. The summed E-state index contributed by atoms with van der Waals surface area (Å²) >= 11 is 0. The van der Waals surface area contributed by atoms with E-state index >= 15 is 0 Å². The van der Waals surface area contributed by atoms with E-state index in [1.165, 1.54) is 7.11 Å². The second-order valence-corrected chi connectivity index (χ2v) is 4.69. The summed E-state index contributed by atoms with van der Waals surface area (Å²) in [7, 11) is 3.11. The van der Waals surface area contributed by atoms with Crippen molar-refractivity contribution in [3.63, 3.8) is 0 Å². The van der Waals surface area contributed by atoms with Gasteiger partial charge in [-0.2, -0.15) is 0 Å². The van der Waals surface area contributed by atoms with Crippen molar-refractivity contribution in [2.24, 2.45) is 0 Å². The maximum Gasteiger partial charge on any atom is 0.337 e. The number of nitrogens with zero attached hydrogens (tertiary/aromatic N) is 1. The van der Waals surface area contributed by atoms with E-state index in [1.54, 1.807) is 19.2 Å². The minimum absolute atomic E-state index is 0.340. The summed E-state index contributed by atoms with van der Waals surface area (Å²) in [5.41, 5.74) is 8.10. The van der Waals surface area contributed by atoms with Crippen LogP contribution in [0.15, 0.2) is 18.2 Å². The Bertz CT molecular complexity index is 454. The van der Waals surface area contributed by atoms with Gasteiger partial charge in [0.15, 0.2) is 0 Å². The maximum atomic E-state index is 11.4. The molecular formula is C14H20N2O3. The number of nitrogen functional groups attached to an aromatic ring is 1. The second-order valence-electron chi connectivity index (χ2n) is 4.69. The molecule has 1 saturated heterocycles. The van der Waals surface area contributed by atoms with Gasteiger partial charge in [-0.05, 0) is 31.0 Å². The molecule has 5 heteroatoms. The highest BCUT2D eigenvalue weighted by atomic mass is 16.5. The molecule has 1 aliphatic rings. The summed E-state index contributed by atoms with van der Waals surface area (Å²) < 4.78 is 10.0. The third-order valence-corrected chi connectivity index (χ3v) is 3.56. The number of piperidine rings is 1. The molecule has 5 nitrogen and oxygen atoms in total. The van der Waals surface area contributed by atoms with Gasteiger partial charge >= 0.3 is 5.97 Å². The molecule has 2 N–H and O–H groups in total. The number of hydrogen-bond donors (Lipinski definition) is 1. The average Bonchev–Trinajstić information content (AvgIpc) is 2.46. The molecule has 0 radical (unpaired) electrons. The summed E-state index contributed by atoms with van der Waals surface area (Å²) in [5.74, 6) is -0.364. The van der Waals surface area contributed by atoms with Crippen LogP contribution in [0.1, 0.15) is 23.2 Å².